The first kappa shape index (κ1) is 15.3. The first-order chi connectivity index (χ1) is 8.34. The number of nitrogens with two attached hydrogens (primary N) is 1. The first-order valence-electron chi connectivity index (χ1n) is 5.09. The highest BCUT2D eigenvalue weighted by molar-refractivity contribution is 7.91. The van der Waals surface area contributed by atoms with E-state index >= 15 is 0 Å². The highest BCUT2D eigenvalue weighted by Crippen LogP contribution is 2.18. The van der Waals surface area contributed by atoms with Crippen LogP contribution in [0, 0.1) is 0 Å². The van der Waals surface area contributed by atoms with E-state index in [-0.39, 0.29) is 9.77 Å². The number of carbonyl (C=O) groups excluding carboxylic acids is 1. The summed E-state index contributed by atoms with van der Waals surface area (Å²) < 4.78 is 33.1. The molecule has 0 saturated heterocycles. The van der Waals surface area contributed by atoms with E-state index in [1.807, 2.05) is 0 Å². The monoisotopic (exact) mass is 310 g/mol. The SMILES string of the molecule is CCS(=O)CCNC(=O)c1csc(S(N)(=O)=O)c1. The van der Waals surface area contributed by atoms with Gasteiger partial charge in [-0.05, 0) is 6.07 Å². The minimum absolute atomic E-state index is 0.0511. The summed E-state index contributed by atoms with van der Waals surface area (Å²) in [4.78, 5) is 11.6. The molecule has 1 unspecified atom stereocenters. The maximum absolute atomic E-state index is 11.6. The molecule has 0 saturated carbocycles. The molecule has 0 aromatic carbocycles. The van der Waals surface area contributed by atoms with Crippen LogP contribution in [0.4, 0.5) is 0 Å². The predicted molar refractivity (Wildman–Crippen MR) is 71.6 cm³/mol. The van der Waals surface area contributed by atoms with E-state index in [9.17, 15) is 17.4 Å². The molecule has 0 radical (unpaired) electrons. The van der Waals surface area contributed by atoms with Crippen molar-refractivity contribution in [3.63, 3.8) is 0 Å². The third kappa shape index (κ3) is 4.48. The van der Waals surface area contributed by atoms with Crippen LogP contribution in [0.1, 0.15) is 17.3 Å². The maximum atomic E-state index is 11.6. The smallest absolute Gasteiger partial charge is 0.252 e. The molecule has 102 valence electrons. The van der Waals surface area contributed by atoms with Crippen molar-refractivity contribution >= 4 is 38.1 Å². The van der Waals surface area contributed by atoms with E-state index < -0.39 is 26.7 Å². The van der Waals surface area contributed by atoms with Gasteiger partial charge in [-0.3, -0.25) is 9.00 Å². The zero-order valence-electron chi connectivity index (χ0n) is 9.71. The van der Waals surface area contributed by atoms with Crippen molar-refractivity contribution in [2.24, 2.45) is 5.14 Å². The summed E-state index contributed by atoms with van der Waals surface area (Å²) in [6, 6.07) is 1.23. The van der Waals surface area contributed by atoms with Crippen LogP contribution in [0.3, 0.4) is 0 Å². The minimum atomic E-state index is -3.76. The average molecular weight is 310 g/mol. The molecule has 18 heavy (non-hydrogen) atoms. The Morgan fingerprint density at radius 1 is 1.56 bits per heavy atom. The highest BCUT2D eigenvalue weighted by atomic mass is 32.2. The van der Waals surface area contributed by atoms with Gasteiger partial charge in [-0.1, -0.05) is 6.92 Å². The summed E-state index contributed by atoms with van der Waals surface area (Å²) >= 11 is 0.895. The summed E-state index contributed by atoms with van der Waals surface area (Å²) in [7, 11) is -4.70. The Kier molecular flexibility index (Phi) is 5.45. The molecule has 1 atom stereocenters. The summed E-state index contributed by atoms with van der Waals surface area (Å²) in [6.07, 6.45) is 0. The van der Waals surface area contributed by atoms with Crippen LogP contribution < -0.4 is 10.5 Å². The second kappa shape index (κ2) is 6.41. The van der Waals surface area contributed by atoms with Gasteiger partial charge in [0.2, 0.25) is 10.0 Å². The lowest BCUT2D eigenvalue weighted by Gasteiger charge is -2.02. The fraction of sp³-hybridized carbons (Fsp3) is 0.444. The Morgan fingerprint density at radius 3 is 2.72 bits per heavy atom. The lowest BCUT2D eigenvalue weighted by molar-refractivity contribution is 0.0956. The van der Waals surface area contributed by atoms with Crippen LogP contribution in [0.15, 0.2) is 15.7 Å². The fourth-order valence-electron chi connectivity index (χ4n) is 1.11. The molecule has 6 nitrogen and oxygen atoms in total. The first-order valence-corrected chi connectivity index (χ1v) is 9.00. The van der Waals surface area contributed by atoms with Gasteiger partial charge in [0.1, 0.15) is 4.21 Å². The summed E-state index contributed by atoms with van der Waals surface area (Å²) in [5.74, 6) is 0.535. The number of primary sulfonamides is 1. The molecule has 1 aromatic heterocycles. The predicted octanol–water partition coefficient (Wildman–Crippen LogP) is -0.106. The van der Waals surface area contributed by atoms with Crippen LogP contribution in [-0.2, 0) is 20.8 Å². The van der Waals surface area contributed by atoms with Crippen LogP contribution in [0.2, 0.25) is 0 Å². The molecule has 0 aliphatic rings. The number of nitrogens with one attached hydrogen (secondary N) is 1. The van der Waals surface area contributed by atoms with Gasteiger partial charge < -0.3 is 5.32 Å². The van der Waals surface area contributed by atoms with Crippen molar-refractivity contribution < 1.29 is 17.4 Å². The number of rotatable bonds is 6. The van der Waals surface area contributed by atoms with Gasteiger partial charge in [-0.15, -0.1) is 11.3 Å². The third-order valence-corrected chi connectivity index (χ3v) is 5.74. The van der Waals surface area contributed by atoms with Gasteiger partial charge in [0.25, 0.3) is 5.91 Å². The average Bonchev–Trinajstić information content (AvgIpc) is 2.77. The zero-order valence-corrected chi connectivity index (χ0v) is 12.2. The molecule has 1 rings (SSSR count). The second-order valence-corrected chi connectivity index (χ2v) is 7.95. The number of sulfonamides is 1. The van der Waals surface area contributed by atoms with Crippen molar-refractivity contribution in [1.29, 1.82) is 0 Å². The van der Waals surface area contributed by atoms with Gasteiger partial charge in [0.15, 0.2) is 0 Å². The van der Waals surface area contributed by atoms with Gasteiger partial charge >= 0.3 is 0 Å². The van der Waals surface area contributed by atoms with Crippen LogP contribution in [0.5, 0.6) is 0 Å². The number of thiophene rings is 1. The second-order valence-electron chi connectivity index (χ2n) is 3.39. The third-order valence-electron chi connectivity index (χ3n) is 2.06. The molecule has 1 aromatic rings. The Balaban J connectivity index is 2.58. The minimum Gasteiger partial charge on any atom is -0.351 e. The summed E-state index contributed by atoms with van der Waals surface area (Å²) in [5, 5.41) is 8.93. The quantitative estimate of drug-likeness (QED) is 0.764. The number of hydrogen-bond acceptors (Lipinski definition) is 5. The lowest BCUT2D eigenvalue weighted by atomic mass is 10.3. The molecular formula is C9H14N2O4S3. The largest absolute Gasteiger partial charge is 0.351 e. The lowest BCUT2D eigenvalue weighted by Crippen LogP contribution is -2.27. The van der Waals surface area contributed by atoms with Crippen molar-refractivity contribution in [2.75, 3.05) is 18.1 Å². The van der Waals surface area contributed by atoms with Gasteiger partial charge in [-0.2, -0.15) is 0 Å². The molecule has 0 aliphatic heterocycles. The normalized spacial score (nSPS) is 13.2. The van der Waals surface area contributed by atoms with Crippen molar-refractivity contribution in [1.82, 2.24) is 5.32 Å². The van der Waals surface area contributed by atoms with E-state index in [0.29, 0.717) is 18.1 Å². The van der Waals surface area contributed by atoms with Crippen LogP contribution >= 0.6 is 11.3 Å². The Bertz CT molecular complexity index is 550. The van der Waals surface area contributed by atoms with Crippen molar-refractivity contribution in [3.8, 4) is 0 Å². The summed E-state index contributed by atoms with van der Waals surface area (Å²) in [6.45, 7) is 2.09. The van der Waals surface area contributed by atoms with E-state index in [1.54, 1.807) is 6.92 Å². The molecule has 0 aliphatic carbocycles. The molecule has 0 fully saturated rings. The van der Waals surface area contributed by atoms with Crippen LogP contribution in [0.25, 0.3) is 0 Å². The molecule has 0 spiro atoms. The Morgan fingerprint density at radius 2 is 2.22 bits per heavy atom. The molecule has 3 N–H and O–H groups in total. The highest BCUT2D eigenvalue weighted by Gasteiger charge is 2.14. The van der Waals surface area contributed by atoms with Gasteiger partial charge in [-0.25, -0.2) is 13.6 Å². The van der Waals surface area contributed by atoms with E-state index in [2.05, 4.69) is 5.32 Å². The molecule has 1 amide bonds. The van der Waals surface area contributed by atoms with Crippen molar-refractivity contribution in [3.05, 3.63) is 17.0 Å². The topological polar surface area (TPSA) is 106 Å². The van der Waals surface area contributed by atoms with Crippen molar-refractivity contribution in [2.45, 2.75) is 11.1 Å². The van der Waals surface area contributed by atoms with Gasteiger partial charge in [0.05, 0.1) is 5.56 Å². The van der Waals surface area contributed by atoms with E-state index in [4.69, 9.17) is 5.14 Å². The summed E-state index contributed by atoms with van der Waals surface area (Å²) in [5.41, 5.74) is 0.242. The maximum Gasteiger partial charge on any atom is 0.252 e. The standard InChI is InChI=1S/C9H14N2O4S3/c1-2-17(13)4-3-11-9(12)7-5-8(16-6-7)18(10,14)15/h5-6H,2-4H2,1H3,(H,11,12)(H2,10,14,15). The van der Waals surface area contributed by atoms with Crippen LogP contribution in [-0.4, -0.2) is 36.6 Å². The molecular weight excluding hydrogens is 296 g/mol. The zero-order chi connectivity index (χ0) is 13.8. The fourth-order valence-corrected chi connectivity index (χ4v) is 3.31. The Labute approximate surface area is 112 Å². The number of amides is 1. The molecule has 9 heteroatoms. The molecule has 0 bridgehead atoms. The molecule has 1 heterocycles. The van der Waals surface area contributed by atoms with E-state index in [0.717, 1.165) is 11.3 Å². The van der Waals surface area contributed by atoms with Gasteiger partial charge in [0, 0.05) is 34.2 Å². The number of hydrogen-bond donors (Lipinski definition) is 2. The van der Waals surface area contributed by atoms with E-state index in [1.165, 1.54) is 11.4 Å². The Hall–Kier alpha value is -0.770. The number of carbonyl (C=O) groups is 1.